The number of nitrogens with one attached hydrogen (secondary N) is 1. The van der Waals surface area contributed by atoms with E-state index in [-0.39, 0.29) is 5.92 Å². The fourth-order valence-corrected chi connectivity index (χ4v) is 6.34. The first kappa shape index (κ1) is 13.7. The molecule has 2 aromatic rings. The van der Waals surface area contributed by atoms with Gasteiger partial charge in [-0.1, -0.05) is 0 Å². The van der Waals surface area contributed by atoms with Gasteiger partial charge in [-0.05, 0) is 49.4 Å². The lowest BCUT2D eigenvalue weighted by Gasteiger charge is -2.65. The maximum absolute atomic E-state index is 10.5. The van der Waals surface area contributed by atoms with Crippen molar-refractivity contribution in [1.82, 2.24) is 9.88 Å². The van der Waals surface area contributed by atoms with Crippen LogP contribution in [0.3, 0.4) is 0 Å². The highest BCUT2D eigenvalue weighted by molar-refractivity contribution is 5.86. The summed E-state index contributed by atoms with van der Waals surface area (Å²) in [6.45, 7) is 3.01. The lowest BCUT2D eigenvalue weighted by molar-refractivity contribution is -0.280. The van der Waals surface area contributed by atoms with Gasteiger partial charge in [0.2, 0.25) is 0 Å². The van der Waals surface area contributed by atoms with Gasteiger partial charge in [-0.2, -0.15) is 0 Å². The normalized spacial score (nSPS) is 45.4. The van der Waals surface area contributed by atoms with Gasteiger partial charge in [-0.3, -0.25) is 4.90 Å². The fourth-order valence-electron chi connectivity index (χ4n) is 6.34. The first-order chi connectivity index (χ1) is 11.6. The number of phenolic OH excluding ortho intramolecular Hbond substituents is 1. The zero-order valence-electron chi connectivity index (χ0n) is 13.6. The van der Waals surface area contributed by atoms with Crippen LogP contribution in [0.5, 0.6) is 5.75 Å². The molecule has 0 amide bonds. The Morgan fingerprint density at radius 2 is 2.17 bits per heavy atom. The number of aliphatic hydroxyl groups is 1. The minimum atomic E-state index is -0.632. The quantitative estimate of drug-likeness (QED) is 0.694. The van der Waals surface area contributed by atoms with E-state index in [1.807, 2.05) is 12.1 Å². The summed E-state index contributed by atoms with van der Waals surface area (Å²) in [7, 11) is 0. The molecule has 7 rings (SSSR count). The number of aromatic hydroxyl groups is 1. The summed E-state index contributed by atoms with van der Waals surface area (Å²) in [4.78, 5) is 6.29. The predicted molar refractivity (Wildman–Crippen MR) is 88.5 cm³/mol. The minimum absolute atomic E-state index is 0.214. The molecule has 1 unspecified atom stereocenters. The smallest absolute Gasteiger partial charge is 0.159 e. The van der Waals surface area contributed by atoms with Gasteiger partial charge in [0, 0.05) is 40.5 Å². The number of ether oxygens (including phenoxy) is 1. The predicted octanol–water partition coefficient (Wildman–Crippen LogP) is 2.14. The van der Waals surface area contributed by atoms with E-state index in [1.165, 1.54) is 11.3 Å². The number of rotatable bonds is 0. The van der Waals surface area contributed by atoms with Crippen LogP contribution in [0.2, 0.25) is 0 Å². The van der Waals surface area contributed by atoms with Crippen molar-refractivity contribution in [3.8, 4) is 5.75 Å². The summed E-state index contributed by atoms with van der Waals surface area (Å²) < 4.78 is 5.72. The molecule has 6 heterocycles. The van der Waals surface area contributed by atoms with Gasteiger partial charge in [0.25, 0.3) is 0 Å². The molecule has 6 bridgehead atoms. The highest BCUT2D eigenvalue weighted by atomic mass is 16.6. The minimum Gasteiger partial charge on any atom is -0.508 e. The van der Waals surface area contributed by atoms with E-state index in [4.69, 9.17) is 4.74 Å². The molecule has 126 valence electrons. The third kappa shape index (κ3) is 1.47. The van der Waals surface area contributed by atoms with E-state index in [0.29, 0.717) is 42.3 Å². The average molecular weight is 326 g/mol. The van der Waals surface area contributed by atoms with Gasteiger partial charge >= 0.3 is 0 Å². The Morgan fingerprint density at radius 1 is 1.29 bits per heavy atom. The zero-order chi connectivity index (χ0) is 16.2. The molecule has 4 fully saturated rings. The molecule has 8 atom stereocenters. The largest absolute Gasteiger partial charge is 0.508 e. The number of phenols is 1. The summed E-state index contributed by atoms with van der Waals surface area (Å²) in [6, 6.07) is 6.83. The molecular weight excluding hydrogens is 304 g/mol. The lowest BCUT2D eigenvalue weighted by atomic mass is 9.58. The van der Waals surface area contributed by atoms with Crippen LogP contribution in [-0.4, -0.2) is 45.1 Å². The molecule has 0 radical (unpaired) electrons. The topological polar surface area (TPSA) is 68.7 Å². The molecule has 1 aromatic heterocycles. The van der Waals surface area contributed by atoms with Crippen molar-refractivity contribution in [3.05, 3.63) is 29.5 Å². The van der Waals surface area contributed by atoms with E-state index in [9.17, 15) is 10.2 Å². The summed E-state index contributed by atoms with van der Waals surface area (Å²) in [5.41, 5.74) is 3.76. The molecule has 24 heavy (non-hydrogen) atoms. The van der Waals surface area contributed by atoms with Crippen LogP contribution < -0.4 is 0 Å². The number of fused-ring (bicyclic) bond motifs is 3. The molecule has 4 saturated heterocycles. The Kier molecular flexibility index (Phi) is 2.48. The molecular formula is C19H22N2O3. The number of aromatic nitrogens is 1. The third-order valence-corrected chi connectivity index (χ3v) is 7.27. The van der Waals surface area contributed by atoms with Crippen molar-refractivity contribution in [2.45, 2.75) is 44.2 Å². The number of H-pyrrole nitrogens is 1. The van der Waals surface area contributed by atoms with E-state index < -0.39 is 6.29 Å². The molecule has 5 aliphatic rings. The zero-order valence-corrected chi connectivity index (χ0v) is 13.6. The lowest BCUT2D eigenvalue weighted by Crippen LogP contribution is -2.71. The first-order valence-electron chi connectivity index (χ1n) is 9.04. The maximum Gasteiger partial charge on any atom is 0.159 e. The molecule has 5 aliphatic heterocycles. The SMILES string of the molecule is C[C@H]1[C@H]2CO[C@@H](O)[C@@H]3[C@H]2C[C@H]2c4[nH]c5ccc(O)cc5c4C[C@@H]3N21. The van der Waals surface area contributed by atoms with Crippen LogP contribution >= 0.6 is 0 Å². The fraction of sp³-hybridized carbons (Fsp3) is 0.579. The Morgan fingerprint density at radius 3 is 3.04 bits per heavy atom. The number of piperidine rings is 3. The third-order valence-electron chi connectivity index (χ3n) is 7.27. The van der Waals surface area contributed by atoms with Gasteiger partial charge in [-0.15, -0.1) is 0 Å². The Bertz CT molecular complexity index is 846. The monoisotopic (exact) mass is 326 g/mol. The second-order valence-electron chi connectivity index (χ2n) is 8.09. The van der Waals surface area contributed by atoms with E-state index in [1.54, 1.807) is 6.07 Å². The van der Waals surface area contributed by atoms with Crippen LogP contribution in [0, 0.1) is 17.8 Å². The number of nitrogens with zero attached hydrogens (tertiary/aromatic N) is 1. The molecule has 0 saturated carbocycles. The summed E-state index contributed by atoms with van der Waals surface area (Å²) >= 11 is 0. The van der Waals surface area contributed by atoms with E-state index >= 15 is 0 Å². The number of benzene rings is 1. The second kappa shape index (κ2) is 4.34. The van der Waals surface area contributed by atoms with Crippen LogP contribution in [0.25, 0.3) is 10.9 Å². The summed E-state index contributed by atoms with van der Waals surface area (Å²) in [5, 5.41) is 21.5. The molecule has 0 spiro atoms. The van der Waals surface area contributed by atoms with Gasteiger partial charge in [0.05, 0.1) is 12.6 Å². The molecule has 0 aliphatic carbocycles. The Hall–Kier alpha value is -1.56. The number of hydrogen-bond acceptors (Lipinski definition) is 4. The van der Waals surface area contributed by atoms with E-state index in [2.05, 4.69) is 16.8 Å². The average Bonchev–Trinajstić information content (AvgIpc) is 2.92. The first-order valence-corrected chi connectivity index (χ1v) is 9.04. The van der Waals surface area contributed by atoms with Crippen molar-refractivity contribution in [2.24, 2.45) is 17.8 Å². The highest BCUT2D eigenvalue weighted by Gasteiger charge is 2.61. The van der Waals surface area contributed by atoms with Crippen molar-refractivity contribution < 1.29 is 14.9 Å². The number of hydrogen-bond donors (Lipinski definition) is 3. The van der Waals surface area contributed by atoms with Gasteiger partial charge in [0.15, 0.2) is 6.29 Å². The van der Waals surface area contributed by atoms with Crippen LogP contribution in [-0.2, 0) is 11.2 Å². The van der Waals surface area contributed by atoms with Gasteiger partial charge in [-0.25, -0.2) is 0 Å². The maximum atomic E-state index is 10.5. The summed E-state index contributed by atoms with van der Waals surface area (Å²) in [6.07, 6.45) is 1.39. The number of aliphatic hydroxyl groups excluding tert-OH is 1. The van der Waals surface area contributed by atoms with Crippen LogP contribution in [0.15, 0.2) is 18.2 Å². The van der Waals surface area contributed by atoms with Gasteiger partial charge < -0.3 is 19.9 Å². The highest BCUT2D eigenvalue weighted by Crippen LogP contribution is 2.58. The molecule has 3 N–H and O–H groups in total. The second-order valence-corrected chi connectivity index (χ2v) is 8.09. The standard InChI is InChI=1S/C19H22N2O3/c1-8-13-7-24-19(23)17-11(13)5-16-18-12(6-15(17)21(8)16)10-4-9(22)2-3-14(10)20-18/h2-4,8,11,13,15-17,19-20,22-23H,5-7H2,1H3/t8-,11-,13+,15-,16-,17+,19+/m0/s1. The Labute approximate surface area is 140 Å². The van der Waals surface area contributed by atoms with Crippen molar-refractivity contribution in [3.63, 3.8) is 0 Å². The molecule has 5 nitrogen and oxygen atoms in total. The van der Waals surface area contributed by atoms with E-state index in [0.717, 1.165) is 23.7 Å². The van der Waals surface area contributed by atoms with Crippen molar-refractivity contribution in [2.75, 3.05) is 6.61 Å². The van der Waals surface area contributed by atoms with Crippen LogP contribution in [0.1, 0.15) is 30.6 Å². The van der Waals surface area contributed by atoms with Crippen molar-refractivity contribution >= 4 is 10.9 Å². The molecule has 1 aromatic carbocycles. The Balaban J connectivity index is 1.56. The summed E-state index contributed by atoms with van der Waals surface area (Å²) in [5.74, 6) is 1.63. The number of aromatic amines is 1. The molecule has 5 heteroatoms. The van der Waals surface area contributed by atoms with Crippen molar-refractivity contribution in [1.29, 1.82) is 0 Å². The van der Waals surface area contributed by atoms with Crippen LogP contribution in [0.4, 0.5) is 0 Å². The van der Waals surface area contributed by atoms with Gasteiger partial charge in [0.1, 0.15) is 5.75 Å².